The number of benzene rings is 2. The number of ether oxygens (including phenoxy) is 1. The lowest BCUT2D eigenvalue weighted by Crippen LogP contribution is -2.23. The molecule has 0 fully saturated rings. The largest absolute Gasteiger partial charge is 0.497 e. The standard InChI is InChI=1S/C15H11NO4/c1-19-11-8-6-10(7-9-11)14(17)16-12-4-2-3-5-13(12)20-15(16)18/h2-9H,1H3. The monoisotopic (exact) mass is 269 g/mol. The second-order valence-electron chi connectivity index (χ2n) is 4.20. The summed E-state index contributed by atoms with van der Waals surface area (Å²) in [7, 11) is 1.55. The lowest BCUT2D eigenvalue weighted by atomic mass is 10.2. The second kappa shape index (κ2) is 4.70. The molecule has 0 bridgehead atoms. The highest BCUT2D eigenvalue weighted by Crippen LogP contribution is 2.16. The Morgan fingerprint density at radius 3 is 2.50 bits per heavy atom. The van der Waals surface area contributed by atoms with E-state index in [1.165, 1.54) is 0 Å². The van der Waals surface area contributed by atoms with Gasteiger partial charge in [-0.15, -0.1) is 0 Å². The quantitative estimate of drug-likeness (QED) is 0.716. The average molecular weight is 269 g/mol. The molecule has 0 spiro atoms. The van der Waals surface area contributed by atoms with Gasteiger partial charge in [0, 0.05) is 5.56 Å². The van der Waals surface area contributed by atoms with Crippen LogP contribution in [0.4, 0.5) is 0 Å². The Balaban J connectivity index is 2.12. The Kier molecular flexibility index (Phi) is 2.87. The van der Waals surface area contributed by atoms with Crippen LogP contribution in [0.25, 0.3) is 11.1 Å². The van der Waals surface area contributed by atoms with Crippen molar-refractivity contribution in [3.63, 3.8) is 0 Å². The molecule has 1 aromatic heterocycles. The first-order valence-corrected chi connectivity index (χ1v) is 6.00. The number of methoxy groups -OCH3 is 1. The zero-order valence-electron chi connectivity index (χ0n) is 10.7. The maximum atomic E-state index is 12.4. The molecule has 0 amide bonds. The maximum absolute atomic E-state index is 12.4. The molecule has 0 atom stereocenters. The maximum Gasteiger partial charge on any atom is 0.427 e. The van der Waals surface area contributed by atoms with Crippen LogP contribution < -0.4 is 10.5 Å². The zero-order chi connectivity index (χ0) is 14.1. The van der Waals surface area contributed by atoms with Gasteiger partial charge in [-0.3, -0.25) is 4.79 Å². The normalized spacial score (nSPS) is 10.7. The molecular formula is C15H11NO4. The third-order valence-electron chi connectivity index (χ3n) is 3.03. The fourth-order valence-electron chi connectivity index (χ4n) is 2.02. The smallest absolute Gasteiger partial charge is 0.427 e. The predicted octanol–water partition coefficient (Wildman–Crippen LogP) is 2.29. The molecule has 100 valence electrons. The van der Waals surface area contributed by atoms with Crippen LogP contribution in [-0.2, 0) is 0 Å². The molecular weight excluding hydrogens is 258 g/mol. The highest BCUT2D eigenvalue weighted by molar-refractivity contribution is 6.00. The van der Waals surface area contributed by atoms with Crippen LogP contribution in [0.1, 0.15) is 10.4 Å². The van der Waals surface area contributed by atoms with Crippen molar-refractivity contribution in [1.82, 2.24) is 4.57 Å². The number of rotatable bonds is 2. The number of carbonyl (C=O) groups excluding carboxylic acids is 1. The molecule has 0 radical (unpaired) electrons. The topological polar surface area (TPSA) is 61.4 Å². The van der Waals surface area contributed by atoms with Gasteiger partial charge in [0.1, 0.15) is 5.75 Å². The summed E-state index contributed by atoms with van der Waals surface area (Å²) >= 11 is 0. The van der Waals surface area contributed by atoms with Crippen molar-refractivity contribution < 1.29 is 13.9 Å². The number of hydrogen-bond acceptors (Lipinski definition) is 4. The van der Waals surface area contributed by atoms with Crippen molar-refractivity contribution in [3.05, 3.63) is 64.6 Å². The number of oxazole rings is 1. The Morgan fingerprint density at radius 2 is 1.80 bits per heavy atom. The summed E-state index contributed by atoms with van der Waals surface area (Å²) in [6.07, 6.45) is 0. The fourth-order valence-corrected chi connectivity index (χ4v) is 2.02. The summed E-state index contributed by atoms with van der Waals surface area (Å²) < 4.78 is 11.1. The van der Waals surface area contributed by atoms with Gasteiger partial charge in [-0.2, -0.15) is 0 Å². The minimum absolute atomic E-state index is 0.388. The molecule has 3 aromatic rings. The van der Waals surface area contributed by atoms with E-state index in [2.05, 4.69) is 0 Å². The Bertz CT molecular complexity index is 827. The second-order valence-corrected chi connectivity index (χ2v) is 4.20. The van der Waals surface area contributed by atoms with Crippen LogP contribution >= 0.6 is 0 Å². The van der Waals surface area contributed by atoms with E-state index in [4.69, 9.17) is 9.15 Å². The van der Waals surface area contributed by atoms with Gasteiger partial charge in [-0.25, -0.2) is 9.36 Å². The molecule has 0 aliphatic carbocycles. The van der Waals surface area contributed by atoms with Crippen molar-refractivity contribution in [2.75, 3.05) is 7.11 Å². The molecule has 0 aliphatic rings. The van der Waals surface area contributed by atoms with E-state index in [0.29, 0.717) is 22.4 Å². The van der Waals surface area contributed by atoms with Crippen LogP contribution in [0.2, 0.25) is 0 Å². The van der Waals surface area contributed by atoms with Crippen LogP contribution in [0.15, 0.2) is 57.7 Å². The van der Waals surface area contributed by atoms with E-state index in [9.17, 15) is 9.59 Å². The fraction of sp³-hybridized carbons (Fsp3) is 0.0667. The SMILES string of the molecule is COc1ccc(C(=O)n2c(=O)oc3ccccc32)cc1. The lowest BCUT2D eigenvalue weighted by Gasteiger charge is -2.03. The molecule has 0 unspecified atom stereocenters. The van der Waals surface area contributed by atoms with Crippen LogP contribution in [0.3, 0.4) is 0 Å². The van der Waals surface area contributed by atoms with Gasteiger partial charge >= 0.3 is 5.76 Å². The van der Waals surface area contributed by atoms with E-state index in [-0.39, 0.29) is 0 Å². The van der Waals surface area contributed by atoms with Crippen LogP contribution in [-0.4, -0.2) is 17.6 Å². The van der Waals surface area contributed by atoms with Gasteiger partial charge < -0.3 is 9.15 Å². The van der Waals surface area contributed by atoms with Gasteiger partial charge in [-0.1, -0.05) is 12.1 Å². The first-order valence-electron chi connectivity index (χ1n) is 6.00. The number of nitrogens with zero attached hydrogens (tertiary/aromatic N) is 1. The molecule has 2 aromatic carbocycles. The zero-order valence-corrected chi connectivity index (χ0v) is 10.7. The average Bonchev–Trinajstić information content (AvgIpc) is 2.82. The summed E-state index contributed by atoms with van der Waals surface area (Å²) in [5, 5.41) is 0. The summed E-state index contributed by atoms with van der Waals surface area (Å²) in [5.41, 5.74) is 1.23. The van der Waals surface area contributed by atoms with Gasteiger partial charge in [0.25, 0.3) is 5.91 Å². The van der Waals surface area contributed by atoms with Crippen LogP contribution in [0, 0.1) is 0 Å². The summed E-state index contributed by atoms with van der Waals surface area (Å²) in [6.45, 7) is 0. The molecule has 0 N–H and O–H groups in total. The minimum Gasteiger partial charge on any atom is -0.497 e. The van der Waals surface area contributed by atoms with Crippen molar-refractivity contribution in [2.24, 2.45) is 0 Å². The highest BCUT2D eigenvalue weighted by atomic mass is 16.5. The Labute approximate surface area is 114 Å². The summed E-state index contributed by atoms with van der Waals surface area (Å²) in [5.74, 6) is -0.472. The van der Waals surface area contributed by atoms with Gasteiger partial charge in [0.05, 0.1) is 12.6 Å². The number of carbonyl (C=O) groups is 1. The van der Waals surface area contributed by atoms with Crippen molar-refractivity contribution >= 4 is 17.0 Å². The van der Waals surface area contributed by atoms with Crippen molar-refractivity contribution in [2.45, 2.75) is 0 Å². The van der Waals surface area contributed by atoms with E-state index in [1.54, 1.807) is 55.6 Å². The van der Waals surface area contributed by atoms with Crippen LogP contribution in [0.5, 0.6) is 5.75 Å². The molecule has 1 heterocycles. The third kappa shape index (κ3) is 1.89. The molecule has 5 nitrogen and oxygen atoms in total. The number of aromatic nitrogens is 1. The van der Waals surface area contributed by atoms with Crippen molar-refractivity contribution in [1.29, 1.82) is 0 Å². The number of para-hydroxylation sites is 2. The van der Waals surface area contributed by atoms with Gasteiger partial charge in [0.2, 0.25) is 0 Å². The minimum atomic E-state index is -0.688. The van der Waals surface area contributed by atoms with E-state index >= 15 is 0 Å². The number of hydrogen-bond donors (Lipinski definition) is 0. The summed E-state index contributed by atoms with van der Waals surface area (Å²) in [6, 6.07) is 13.4. The van der Waals surface area contributed by atoms with Gasteiger partial charge in [-0.05, 0) is 36.4 Å². The molecule has 0 aliphatic heterocycles. The van der Waals surface area contributed by atoms with Gasteiger partial charge in [0.15, 0.2) is 5.58 Å². The van der Waals surface area contributed by atoms with E-state index in [0.717, 1.165) is 4.57 Å². The Hall–Kier alpha value is -2.82. The molecule has 0 saturated heterocycles. The number of fused-ring (bicyclic) bond motifs is 1. The Morgan fingerprint density at radius 1 is 1.10 bits per heavy atom. The third-order valence-corrected chi connectivity index (χ3v) is 3.03. The molecule has 0 saturated carbocycles. The lowest BCUT2D eigenvalue weighted by molar-refractivity contribution is 0.0956. The molecule has 3 rings (SSSR count). The molecule has 5 heteroatoms. The molecule has 20 heavy (non-hydrogen) atoms. The predicted molar refractivity (Wildman–Crippen MR) is 73.2 cm³/mol. The highest BCUT2D eigenvalue weighted by Gasteiger charge is 2.17. The summed E-state index contributed by atoms with van der Waals surface area (Å²) in [4.78, 5) is 24.2. The van der Waals surface area contributed by atoms with E-state index in [1.807, 2.05) is 0 Å². The van der Waals surface area contributed by atoms with Crippen molar-refractivity contribution in [3.8, 4) is 5.75 Å². The van der Waals surface area contributed by atoms with E-state index < -0.39 is 11.7 Å². The first kappa shape index (κ1) is 12.2. The first-order chi connectivity index (χ1) is 9.70.